The summed E-state index contributed by atoms with van der Waals surface area (Å²) >= 11 is 0. The van der Waals surface area contributed by atoms with E-state index < -0.39 is 0 Å². The summed E-state index contributed by atoms with van der Waals surface area (Å²) in [5, 5.41) is 5.17. The number of nitrogens with one attached hydrogen (secondary N) is 2. The molecule has 0 aliphatic heterocycles. The molecule has 18 heavy (non-hydrogen) atoms. The van der Waals surface area contributed by atoms with Crippen LogP contribution in [0.1, 0.15) is 30.6 Å². The fraction of sp³-hybridized carbons (Fsp3) is 0.308. The van der Waals surface area contributed by atoms with Gasteiger partial charge in [0.15, 0.2) is 5.78 Å². The van der Waals surface area contributed by atoms with Gasteiger partial charge in [0.1, 0.15) is 5.78 Å². The molecular formula is C13H16N2O3. The molecule has 0 saturated heterocycles. The molecule has 0 saturated carbocycles. The number of ketones is 2. The first-order valence-electron chi connectivity index (χ1n) is 5.64. The predicted molar refractivity (Wildman–Crippen MR) is 68.8 cm³/mol. The first kappa shape index (κ1) is 13.9. The van der Waals surface area contributed by atoms with E-state index in [1.165, 1.54) is 13.8 Å². The third-order valence-corrected chi connectivity index (χ3v) is 2.31. The van der Waals surface area contributed by atoms with Gasteiger partial charge in [-0.2, -0.15) is 0 Å². The molecule has 0 aromatic heterocycles. The Morgan fingerprint density at radius 1 is 1.06 bits per heavy atom. The molecular weight excluding hydrogens is 232 g/mol. The maximum absolute atomic E-state index is 11.4. The van der Waals surface area contributed by atoms with E-state index in [-0.39, 0.29) is 17.6 Å². The monoisotopic (exact) mass is 248 g/mol. The van der Waals surface area contributed by atoms with E-state index >= 15 is 0 Å². The van der Waals surface area contributed by atoms with E-state index in [1.807, 2.05) is 0 Å². The molecule has 0 bridgehead atoms. The van der Waals surface area contributed by atoms with Crippen molar-refractivity contribution in [3.05, 3.63) is 29.8 Å². The quantitative estimate of drug-likeness (QED) is 0.782. The van der Waals surface area contributed by atoms with Gasteiger partial charge in [0.2, 0.25) is 0 Å². The highest BCUT2D eigenvalue weighted by Gasteiger charge is 2.03. The Morgan fingerprint density at radius 3 is 2.17 bits per heavy atom. The highest BCUT2D eigenvalue weighted by Crippen LogP contribution is 2.09. The number of Topliss-reactive ketones (excluding diaryl/α,β-unsaturated/α-hetero) is 2. The number of benzene rings is 1. The van der Waals surface area contributed by atoms with E-state index in [9.17, 15) is 14.4 Å². The van der Waals surface area contributed by atoms with Gasteiger partial charge in [-0.3, -0.25) is 9.59 Å². The fourth-order valence-corrected chi connectivity index (χ4v) is 1.32. The van der Waals surface area contributed by atoms with Crippen LogP contribution in [-0.4, -0.2) is 24.1 Å². The van der Waals surface area contributed by atoms with Crippen molar-refractivity contribution >= 4 is 23.3 Å². The number of rotatable bonds is 5. The lowest BCUT2D eigenvalue weighted by Gasteiger charge is -2.07. The number of hydrogen-bond acceptors (Lipinski definition) is 3. The predicted octanol–water partition coefficient (Wildman–Crippen LogP) is 1.99. The number of amides is 2. The highest BCUT2D eigenvalue weighted by molar-refractivity contribution is 5.95. The maximum atomic E-state index is 11.4. The summed E-state index contributed by atoms with van der Waals surface area (Å²) in [4.78, 5) is 33.1. The van der Waals surface area contributed by atoms with E-state index in [4.69, 9.17) is 0 Å². The van der Waals surface area contributed by atoms with E-state index in [0.717, 1.165) is 0 Å². The molecule has 5 nitrogen and oxygen atoms in total. The second-order valence-electron chi connectivity index (χ2n) is 3.97. The van der Waals surface area contributed by atoms with Gasteiger partial charge < -0.3 is 10.6 Å². The summed E-state index contributed by atoms with van der Waals surface area (Å²) < 4.78 is 0. The van der Waals surface area contributed by atoms with Crippen LogP contribution in [0, 0.1) is 0 Å². The molecule has 0 heterocycles. The first-order valence-corrected chi connectivity index (χ1v) is 5.64. The normalized spacial score (nSPS) is 9.67. The zero-order chi connectivity index (χ0) is 13.5. The molecule has 0 spiro atoms. The maximum Gasteiger partial charge on any atom is 0.319 e. The largest absolute Gasteiger partial charge is 0.337 e. The second-order valence-corrected chi connectivity index (χ2v) is 3.97. The number of hydrogen-bond donors (Lipinski definition) is 2. The third-order valence-electron chi connectivity index (χ3n) is 2.31. The van der Waals surface area contributed by atoms with Crippen LogP contribution in [0.4, 0.5) is 10.5 Å². The summed E-state index contributed by atoms with van der Waals surface area (Å²) in [7, 11) is 0. The van der Waals surface area contributed by atoms with Crippen LogP contribution >= 0.6 is 0 Å². The van der Waals surface area contributed by atoms with Crippen LogP contribution in [0.25, 0.3) is 0 Å². The van der Waals surface area contributed by atoms with Gasteiger partial charge in [0.05, 0.1) is 0 Å². The summed E-state index contributed by atoms with van der Waals surface area (Å²) in [5.74, 6) is 0.00794. The van der Waals surface area contributed by atoms with Gasteiger partial charge in [-0.25, -0.2) is 4.79 Å². The Morgan fingerprint density at radius 2 is 1.67 bits per heavy atom. The topological polar surface area (TPSA) is 75.3 Å². The molecule has 96 valence electrons. The zero-order valence-corrected chi connectivity index (χ0v) is 10.4. The lowest BCUT2D eigenvalue weighted by Crippen LogP contribution is -2.30. The highest BCUT2D eigenvalue weighted by atomic mass is 16.2. The molecule has 1 rings (SSSR count). The van der Waals surface area contributed by atoms with Gasteiger partial charge in [-0.1, -0.05) is 0 Å². The Hall–Kier alpha value is -2.17. The standard InChI is InChI=1S/C13H16N2O3/c1-9(16)7-8-14-13(18)15-12-5-3-11(4-6-12)10(2)17/h3-6H,7-8H2,1-2H3,(H2,14,15,18). The van der Waals surface area contributed by atoms with E-state index in [1.54, 1.807) is 24.3 Å². The summed E-state index contributed by atoms with van der Waals surface area (Å²) in [6, 6.07) is 6.23. The third kappa shape index (κ3) is 4.78. The van der Waals surface area contributed by atoms with Crippen LogP contribution in [-0.2, 0) is 4.79 Å². The summed E-state index contributed by atoms with van der Waals surface area (Å²) in [6.07, 6.45) is 0.316. The summed E-state index contributed by atoms with van der Waals surface area (Å²) in [6.45, 7) is 3.27. The average Bonchev–Trinajstić information content (AvgIpc) is 2.29. The van der Waals surface area contributed by atoms with Crippen molar-refractivity contribution in [3.8, 4) is 0 Å². The number of carbonyl (C=O) groups excluding carboxylic acids is 3. The van der Waals surface area contributed by atoms with Gasteiger partial charge in [-0.15, -0.1) is 0 Å². The van der Waals surface area contributed by atoms with Crippen molar-refractivity contribution in [2.45, 2.75) is 20.3 Å². The minimum atomic E-state index is -0.369. The van der Waals surface area contributed by atoms with Gasteiger partial charge in [0.25, 0.3) is 0 Å². The van der Waals surface area contributed by atoms with Crippen LogP contribution in [0.15, 0.2) is 24.3 Å². The molecule has 1 aromatic carbocycles. The van der Waals surface area contributed by atoms with Crippen molar-refractivity contribution in [2.24, 2.45) is 0 Å². The number of anilines is 1. The molecule has 0 fully saturated rings. The van der Waals surface area contributed by atoms with Crippen molar-refractivity contribution in [1.82, 2.24) is 5.32 Å². The second kappa shape index (κ2) is 6.54. The number of carbonyl (C=O) groups is 3. The van der Waals surface area contributed by atoms with Crippen molar-refractivity contribution in [3.63, 3.8) is 0 Å². The summed E-state index contributed by atoms with van der Waals surface area (Å²) in [5.41, 5.74) is 1.19. The smallest absolute Gasteiger partial charge is 0.319 e. The molecule has 0 radical (unpaired) electrons. The van der Waals surface area contributed by atoms with Crippen molar-refractivity contribution in [2.75, 3.05) is 11.9 Å². The Labute approximate surface area is 106 Å². The van der Waals surface area contributed by atoms with Crippen LogP contribution in [0.5, 0.6) is 0 Å². The Balaban J connectivity index is 2.44. The minimum Gasteiger partial charge on any atom is -0.337 e. The number of urea groups is 1. The Kier molecular flexibility index (Phi) is 5.05. The van der Waals surface area contributed by atoms with Crippen molar-refractivity contribution in [1.29, 1.82) is 0 Å². The average molecular weight is 248 g/mol. The molecule has 2 N–H and O–H groups in total. The molecule has 0 aliphatic rings. The van der Waals surface area contributed by atoms with E-state index in [0.29, 0.717) is 24.2 Å². The fourth-order valence-electron chi connectivity index (χ4n) is 1.32. The molecule has 5 heteroatoms. The van der Waals surface area contributed by atoms with Crippen LogP contribution in [0.3, 0.4) is 0 Å². The molecule has 0 unspecified atom stereocenters. The Bertz CT molecular complexity index is 452. The zero-order valence-electron chi connectivity index (χ0n) is 10.4. The van der Waals surface area contributed by atoms with Gasteiger partial charge in [-0.05, 0) is 38.1 Å². The molecule has 2 amide bonds. The molecule has 1 aromatic rings. The van der Waals surface area contributed by atoms with Crippen LogP contribution in [0.2, 0.25) is 0 Å². The molecule has 0 aliphatic carbocycles. The molecule has 0 atom stereocenters. The first-order chi connectivity index (χ1) is 8.49. The minimum absolute atomic E-state index is 0.0209. The SMILES string of the molecule is CC(=O)CCNC(=O)Nc1ccc(C(C)=O)cc1. The van der Waals surface area contributed by atoms with Gasteiger partial charge >= 0.3 is 6.03 Å². The lowest BCUT2D eigenvalue weighted by molar-refractivity contribution is -0.116. The van der Waals surface area contributed by atoms with Crippen LogP contribution < -0.4 is 10.6 Å². The van der Waals surface area contributed by atoms with E-state index in [2.05, 4.69) is 10.6 Å². The van der Waals surface area contributed by atoms with Gasteiger partial charge in [0, 0.05) is 24.2 Å². The lowest BCUT2D eigenvalue weighted by atomic mass is 10.1. The van der Waals surface area contributed by atoms with Crippen molar-refractivity contribution < 1.29 is 14.4 Å².